The van der Waals surface area contributed by atoms with Crippen LogP contribution < -0.4 is 10.6 Å². The molecular formula is C18H33CrN2O8. The molecule has 6 atom stereocenters. The molecule has 0 spiro atoms. The zero-order valence-electron chi connectivity index (χ0n) is 17.5. The maximum absolute atomic E-state index is 12.3. The summed E-state index contributed by atoms with van der Waals surface area (Å²) in [6.07, 6.45) is -5.03. The molecule has 0 bridgehead atoms. The van der Waals surface area contributed by atoms with Crippen LogP contribution in [-0.4, -0.2) is 75.3 Å². The zero-order chi connectivity index (χ0) is 22.3. The van der Waals surface area contributed by atoms with Crippen molar-refractivity contribution in [3.63, 3.8) is 0 Å². The summed E-state index contributed by atoms with van der Waals surface area (Å²) in [5, 5.41) is 35.8. The molecular weight excluding hydrogens is 424 g/mol. The Morgan fingerprint density at radius 3 is 2.31 bits per heavy atom. The van der Waals surface area contributed by atoms with Crippen LogP contribution in [0.3, 0.4) is 0 Å². The van der Waals surface area contributed by atoms with E-state index < -0.39 is 55.5 Å². The number of carbonyl (C=O) groups excluding carboxylic acids is 3. The van der Waals surface area contributed by atoms with E-state index in [1.807, 2.05) is 20.8 Å². The molecule has 1 heterocycles. The molecule has 1 aliphatic rings. The Morgan fingerprint density at radius 1 is 1.17 bits per heavy atom. The van der Waals surface area contributed by atoms with Crippen molar-refractivity contribution in [1.82, 2.24) is 10.6 Å². The Bertz CT molecular complexity index is 576. The molecule has 0 aliphatic carbocycles. The van der Waals surface area contributed by atoms with Gasteiger partial charge in [-0.1, -0.05) is 0 Å². The normalized spacial score (nSPS) is 28.1. The molecule has 1 rings (SSSR count). The molecule has 6 unspecified atom stereocenters. The van der Waals surface area contributed by atoms with Crippen LogP contribution in [0.15, 0.2) is 0 Å². The molecule has 2 amide bonds. The molecule has 0 aromatic heterocycles. The monoisotopic (exact) mass is 457 g/mol. The first-order chi connectivity index (χ1) is 13.5. The summed E-state index contributed by atoms with van der Waals surface area (Å²) in [5.41, 5.74) is 0. The molecule has 0 aromatic rings. The molecule has 0 saturated carbocycles. The van der Waals surface area contributed by atoms with Gasteiger partial charge in [-0.2, -0.15) is 0 Å². The van der Waals surface area contributed by atoms with E-state index in [1.54, 1.807) is 5.79 Å². The fourth-order valence-corrected chi connectivity index (χ4v) is 5.06. The van der Waals surface area contributed by atoms with Gasteiger partial charge in [0.1, 0.15) is 0 Å². The molecule has 29 heavy (non-hydrogen) atoms. The number of amides is 2. The number of ether oxygens (including phenoxy) is 2. The van der Waals surface area contributed by atoms with E-state index in [1.165, 1.54) is 6.92 Å². The van der Waals surface area contributed by atoms with Crippen LogP contribution in [0.1, 0.15) is 34.1 Å². The van der Waals surface area contributed by atoms with Crippen LogP contribution >= 0.6 is 0 Å². The van der Waals surface area contributed by atoms with E-state index in [4.69, 9.17) is 9.47 Å². The van der Waals surface area contributed by atoms with Crippen molar-refractivity contribution in [2.75, 3.05) is 6.61 Å². The van der Waals surface area contributed by atoms with Crippen LogP contribution in [-0.2, 0) is 33.2 Å². The Morgan fingerprint density at radius 2 is 1.79 bits per heavy atom. The van der Waals surface area contributed by atoms with Gasteiger partial charge >= 0.3 is 175 Å². The number of hydrogen-bond donors (Lipinski definition) is 5. The first-order valence-corrected chi connectivity index (χ1v) is 12.4. The summed E-state index contributed by atoms with van der Waals surface area (Å²) in [5.74, 6) is 0.896. The van der Waals surface area contributed by atoms with E-state index in [9.17, 15) is 29.7 Å². The van der Waals surface area contributed by atoms with Crippen molar-refractivity contribution in [2.24, 2.45) is 5.92 Å². The molecule has 11 heteroatoms. The van der Waals surface area contributed by atoms with Gasteiger partial charge in [0, 0.05) is 0 Å². The van der Waals surface area contributed by atoms with Gasteiger partial charge in [-0.05, 0) is 0 Å². The standard InChI is InChI=1S/C9H14NO7.C8H16NO.CH3.Cr/c1-4(12)10-6-8(14)7(13)5(2-16-3-11)17-9(6)15;1-5-7(4)8(10)9-6(2)3;;/h5-9,13-15H,2H2,1H3,(H,10,12);6-7H,4-5H2,1-3H3,(H,9,10);1H3;. The Labute approximate surface area is 175 Å². The summed E-state index contributed by atoms with van der Waals surface area (Å²) in [6.45, 7) is 6.47. The van der Waals surface area contributed by atoms with Crippen molar-refractivity contribution in [3.8, 4) is 0 Å². The van der Waals surface area contributed by atoms with Crippen molar-refractivity contribution >= 4 is 16.6 Å². The van der Waals surface area contributed by atoms with Gasteiger partial charge in [0.25, 0.3) is 0 Å². The average molecular weight is 457 g/mol. The Balaban J connectivity index is 2.58. The molecule has 5 N–H and O–H groups in total. The van der Waals surface area contributed by atoms with Gasteiger partial charge in [-0.15, -0.1) is 0 Å². The zero-order valence-corrected chi connectivity index (χ0v) is 18.7. The number of aliphatic hydroxyl groups is 3. The molecule has 0 aromatic carbocycles. The number of nitrogens with one attached hydrogen (secondary N) is 2. The SMILES string of the molecule is CCC([CH2][Cr]([CH3])[C](=O)OCC1OC(O)C(NC(C)=O)C(O)C1O)C(=O)NC(C)C. The summed E-state index contributed by atoms with van der Waals surface area (Å²) in [6, 6.07) is -1.17. The van der Waals surface area contributed by atoms with Crippen LogP contribution in [0.5, 0.6) is 0 Å². The van der Waals surface area contributed by atoms with Crippen LogP contribution in [0.25, 0.3) is 0 Å². The third-order valence-electron chi connectivity index (χ3n) is 4.49. The summed E-state index contributed by atoms with van der Waals surface area (Å²) < 4.78 is 10.4. The van der Waals surface area contributed by atoms with E-state index in [0.29, 0.717) is 11.7 Å². The number of aliphatic hydroxyl groups excluding tert-OH is 3. The van der Waals surface area contributed by atoms with Gasteiger partial charge < -0.3 is 0 Å². The van der Waals surface area contributed by atoms with Gasteiger partial charge in [0.2, 0.25) is 0 Å². The average Bonchev–Trinajstić information content (AvgIpc) is 2.63. The second-order valence-corrected chi connectivity index (χ2v) is 10.4. The third-order valence-corrected chi connectivity index (χ3v) is 6.97. The summed E-state index contributed by atoms with van der Waals surface area (Å²) >= 11 is -1.92. The van der Waals surface area contributed by atoms with Crippen molar-refractivity contribution in [2.45, 2.75) is 81.9 Å². The van der Waals surface area contributed by atoms with Crippen LogP contribution in [0.4, 0.5) is 4.79 Å². The first kappa shape index (κ1) is 25.8. The Hall–Kier alpha value is -1.22. The molecule has 169 valence electrons. The fourth-order valence-electron chi connectivity index (χ4n) is 2.88. The molecule has 1 aliphatic heterocycles. The summed E-state index contributed by atoms with van der Waals surface area (Å²) in [4.78, 5) is 35.2. The molecule has 0 radical (unpaired) electrons. The minimum atomic E-state index is -1.92. The molecule has 10 nitrogen and oxygen atoms in total. The van der Waals surface area contributed by atoms with E-state index >= 15 is 0 Å². The van der Waals surface area contributed by atoms with Crippen LogP contribution in [0, 0.1) is 5.92 Å². The predicted molar refractivity (Wildman–Crippen MR) is 99.6 cm³/mol. The summed E-state index contributed by atoms with van der Waals surface area (Å²) in [7, 11) is 0. The van der Waals surface area contributed by atoms with E-state index in [0.717, 1.165) is 0 Å². The minimum absolute atomic E-state index is 0.0166. The Kier molecular flexibility index (Phi) is 10.5. The molecule has 1 saturated heterocycles. The van der Waals surface area contributed by atoms with Gasteiger partial charge in [0.05, 0.1) is 0 Å². The van der Waals surface area contributed by atoms with Crippen molar-refractivity contribution < 1.29 is 53.3 Å². The number of rotatable bonds is 9. The van der Waals surface area contributed by atoms with E-state index in [2.05, 4.69) is 10.6 Å². The first-order valence-electron chi connectivity index (χ1n) is 9.54. The number of hydrogen-bond acceptors (Lipinski definition) is 8. The maximum atomic E-state index is 12.3. The van der Waals surface area contributed by atoms with E-state index in [-0.39, 0.29) is 24.5 Å². The van der Waals surface area contributed by atoms with Gasteiger partial charge in [0.15, 0.2) is 0 Å². The van der Waals surface area contributed by atoms with Crippen molar-refractivity contribution in [1.29, 1.82) is 0 Å². The fraction of sp³-hybridized carbons (Fsp3) is 0.833. The van der Waals surface area contributed by atoms with Gasteiger partial charge in [-0.25, -0.2) is 0 Å². The second-order valence-electron chi connectivity index (χ2n) is 7.41. The molecule has 1 fully saturated rings. The number of carbonyl (C=O) groups is 3. The van der Waals surface area contributed by atoms with Gasteiger partial charge in [-0.3, -0.25) is 0 Å². The van der Waals surface area contributed by atoms with Crippen LogP contribution in [0.2, 0.25) is 11.1 Å². The third kappa shape index (κ3) is 7.85. The van der Waals surface area contributed by atoms with Crippen molar-refractivity contribution in [3.05, 3.63) is 0 Å². The predicted octanol–water partition coefficient (Wildman–Crippen LogP) is -0.298. The second kappa shape index (κ2) is 11.8. The quantitative estimate of drug-likeness (QED) is 0.316. The topological polar surface area (TPSA) is 154 Å².